The zero-order valence-corrected chi connectivity index (χ0v) is 14.4. The fraction of sp³-hybridized carbons (Fsp3) is 0.350. The van der Waals surface area contributed by atoms with Gasteiger partial charge in [0.1, 0.15) is 11.6 Å². The fourth-order valence-electron chi connectivity index (χ4n) is 3.34. The van der Waals surface area contributed by atoms with Crippen molar-refractivity contribution in [3.8, 4) is 11.4 Å². The third-order valence-electron chi connectivity index (χ3n) is 4.76. The highest BCUT2D eigenvalue weighted by Crippen LogP contribution is 2.30. The van der Waals surface area contributed by atoms with Crippen LogP contribution in [-0.2, 0) is 6.54 Å². The summed E-state index contributed by atoms with van der Waals surface area (Å²) in [6.07, 6.45) is 2.42. The Morgan fingerprint density at radius 3 is 2.60 bits per heavy atom. The summed E-state index contributed by atoms with van der Waals surface area (Å²) in [5, 5.41) is 9.39. The molecule has 1 heterocycles. The molecule has 0 unspecified atom stereocenters. The second-order valence-corrected chi connectivity index (χ2v) is 6.48. The van der Waals surface area contributed by atoms with Crippen LogP contribution in [-0.4, -0.2) is 45.9 Å². The van der Waals surface area contributed by atoms with Crippen molar-refractivity contribution >= 4 is 11.0 Å². The standard InChI is InChI=1S/C20H23N3O2/c1-25-17-10-8-16(9-11-17)23-19-5-3-2-4-18(19)21-20(23)14-22(12-13-24)15-6-7-15/h2-5,8-11,15,24H,6-7,12-14H2,1H3. The number of benzene rings is 2. The molecule has 0 radical (unpaired) electrons. The van der Waals surface area contributed by atoms with Crippen molar-refractivity contribution in [2.45, 2.75) is 25.4 Å². The van der Waals surface area contributed by atoms with Crippen LogP contribution in [0.1, 0.15) is 18.7 Å². The van der Waals surface area contributed by atoms with Crippen LogP contribution in [0.3, 0.4) is 0 Å². The van der Waals surface area contributed by atoms with E-state index < -0.39 is 0 Å². The lowest BCUT2D eigenvalue weighted by molar-refractivity contribution is 0.180. The lowest BCUT2D eigenvalue weighted by Gasteiger charge is -2.21. The third kappa shape index (κ3) is 3.25. The zero-order valence-electron chi connectivity index (χ0n) is 14.4. The smallest absolute Gasteiger partial charge is 0.128 e. The molecular weight excluding hydrogens is 314 g/mol. The van der Waals surface area contributed by atoms with Crippen LogP contribution in [0.4, 0.5) is 0 Å². The Balaban J connectivity index is 1.77. The van der Waals surface area contributed by atoms with Crippen LogP contribution in [0.25, 0.3) is 16.7 Å². The van der Waals surface area contributed by atoms with E-state index in [0.717, 1.165) is 34.8 Å². The molecular formula is C20H23N3O2. The van der Waals surface area contributed by atoms with Crippen molar-refractivity contribution in [1.29, 1.82) is 0 Å². The highest BCUT2D eigenvalue weighted by Gasteiger charge is 2.29. The van der Waals surface area contributed by atoms with Gasteiger partial charge in [-0.1, -0.05) is 12.1 Å². The number of aromatic nitrogens is 2. The third-order valence-corrected chi connectivity index (χ3v) is 4.76. The summed E-state index contributed by atoms with van der Waals surface area (Å²) >= 11 is 0. The van der Waals surface area contributed by atoms with E-state index in [9.17, 15) is 5.11 Å². The average molecular weight is 337 g/mol. The molecule has 1 saturated carbocycles. The highest BCUT2D eigenvalue weighted by atomic mass is 16.5. The number of rotatable bonds is 7. The average Bonchev–Trinajstić information content (AvgIpc) is 3.43. The maximum atomic E-state index is 9.39. The Morgan fingerprint density at radius 1 is 1.16 bits per heavy atom. The fourth-order valence-corrected chi connectivity index (χ4v) is 3.34. The summed E-state index contributed by atoms with van der Waals surface area (Å²) in [6.45, 7) is 1.61. The Hall–Kier alpha value is -2.37. The minimum absolute atomic E-state index is 0.180. The van der Waals surface area contributed by atoms with Crippen LogP contribution in [0, 0.1) is 0 Å². The molecule has 25 heavy (non-hydrogen) atoms. The van der Waals surface area contributed by atoms with Gasteiger partial charge in [0.15, 0.2) is 0 Å². The van der Waals surface area contributed by atoms with E-state index in [1.165, 1.54) is 12.8 Å². The van der Waals surface area contributed by atoms with Crippen molar-refractivity contribution in [1.82, 2.24) is 14.5 Å². The molecule has 0 amide bonds. The van der Waals surface area contributed by atoms with Gasteiger partial charge in [0.25, 0.3) is 0 Å². The first-order valence-corrected chi connectivity index (χ1v) is 8.76. The van der Waals surface area contributed by atoms with Gasteiger partial charge in [-0.2, -0.15) is 0 Å². The number of para-hydroxylation sites is 2. The minimum atomic E-state index is 0.180. The number of imidazole rings is 1. The summed E-state index contributed by atoms with van der Waals surface area (Å²) in [4.78, 5) is 7.21. The number of methoxy groups -OCH3 is 1. The van der Waals surface area contributed by atoms with E-state index in [-0.39, 0.29) is 6.61 Å². The second kappa shape index (κ2) is 6.86. The van der Waals surface area contributed by atoms with Gasteiger partial charge >= 0.3 is 0 Å². The Morgan fingerprint density at radius 2 is 1.92 bits per heavy atom. The summed E-state index contributed by atoms with van der Waals surface area (Å²) < 4.78 is 7.49. The molecule has 130 valence electrons. The molecule has 1 aliphatic rings. The van der Waals surface area contributed by atoms with E-state index in [4.69, 9.17) is 9.72 Å². The summed E-state index contributed by atoms with van der Waals surface area (Å²) in [5.74, 6) is 1.85. The van der Waals surface area contributed by atoms with Crippen LogP contribution >= 0.6 is 0 Å². The Kier molecular flexibility index (Phi) is 4.42. The molecule has 1 fully saturated rings. The number of fused-ring (bicyclic) bond motifs is 1. The number of aliphatic hydroxyl groups is 1. The molecule has 1 aromatic heterocycles. The quantitative estimate of drug-likeness (QED) is 0.720. The normalized spacial score (nSPS) is 14.4. The predicted octanol–water partition coefficient (Wildman–Crippen LogP) is 2.99. The molecule has 0 aliphatic heterocycles. The lowest BCUT2D eigenvalue weighted by Crippen LogP contribution is -2.29. The van der Waals surface area contributed by atoms with Gasteiger partial charge in [-0.15, -0.1) is 0 Å². The summed E-state index contributed by atoms with van der Waals surface area (Å²) in [6, 6.07) is 16.9. The number of hydrogen-bond acceptors (Lipinski definition) is 4. The Bertz CT molecular complexity index is 853. The molecule has 5 heteroatoms. The molecule has 0 spiro atoms. The summed E-state index contributed by atoms with van der Waals surface area (Å²) in [7, 11) is 1.68. The Labute approximate surface area is 147 Å². The van der Waals surface area contributed by atoms with E-state index in [0.29, 0.717) is 12.6 Å². The van der Waals surface area contributed by atoms with Crippen LogP contribution in [0.2, 0.25) is 0 Å². The SMILES string of the molecule is COc1ccc(-n2c(CN(CCO)C3CC3)nc3ccccc32)cc1. The molecule has 3 aromatic rings. The van der Waals surface area contributed by atoms with Crippen LogP contribution in [0.15, 0.2) is 48.5 Å². The number of hydrogen-bond donors (Lipinski definition) is 1. The molecule has 1 aliphatic carbocycles. The van der Waals surface area contributed by atoms with E-state index >= 15 is 0 Å². The number of nitrogens with zero attached hydrogens (tertiary/aromatic N) is 3. The highest BCUT2D eigenvalue weighted by molar-refractivity contribution is 5.78. The first-order chi connectivity index (χ1) is 12.3. The van der Waals surface area contributed by atoms with Crippen molar-refractivity contribution in [3.05, 3.63) is 54.4 Å². The van der Waals surface area contributed by atoms with Crippen LogP contribution in [0.5, 0.6) is 5.75 Å². The maximum Gasteiger partial charge on any atom is 0.128 e. The van der Waals surface area contributed by atoms with Crippen LogP contribution < -0.4 is 4.74 Å². The van der Waals surface area contributed by atoms with Gasteiger partial charge in [0.2, 0.25) is 0 Å². The molecule has 0 atom stereocenters. The lowest BCUT2D eigenvalue weighted by atomic mass is 10.2. The molecule has 1 N–H and O–H groups in total. The first-order valence-electron chi connectivity index (χ1n) is 8.76. The molecule has 2 aromatic carbocycles. The maximum absolute atomic E-state index is 9.39. The molecule has 0 saturated heterocycles. The van der Waals surface area contributed by atoms with E-state index in [1.807, 2.05) is 30.3 Å². The monoisotopic (exact) mass is 337 g/mol. The predicted molar refractivity (Wildman–Crippen MR) is 98.1 cm³/mol. The van der Waals surface area contributed by atoms with Gasteiger partial charge in [-0.05, 0) is 49.2 Å². The summed E-state index contributed by atoms with van der Waals surface area (Å²) in [5.41, 5.74) is 3.17. The van der Waals surface area contributed by atoms with E-state index in [1.54, 1.807) is 7.11 Å². The number of ether oxygens (including phenoxy) is 1. The molecule has 5 nitrogen and oxygen atoms in total. The van der Waals surface area contributed by atoms with Crippen molar-refractivity contribution in [2.24, 2.45) is 0 Å². The van der Waals surface area contributed by atoms with Gasteiger partial charge < -0.3 is 9.84 Å². The first kappa shape index (κ1) is 16.1. The van der Waals surface area contributed by atoms with Gasteiger partial charge in [0, 0.05) is 18.3 Å². The molecule has 0 bridgehead atoms. The zero-order chi connectivity index (χ0) is 17.2. The van der Waals surface area contributed by atoms with Crippen molar-refractivity contribution in [3.63, 3.8) is 0 Å². The van der Waals surface area contributed by atoms with Crippen molar-refractivity contribution < 1.29 is 9.84 Å². The number of aliphatic hydroxyl groups excluding tert-OH is 1. The largest absolute Gasteiger partial charge is 0.497 e. The molecule has 4 rings (SSSR count). The van der Waals surface area contributed by atoms with Crippen molar-refractivity contribution in [2.75, 3.05) is 20.3 Å². The second-order valence-electron chi connectivity index (χ2n) is 6.48. The van der Waals surface area contributed by atoms with Gasteiger partial charge in [0.05, 0.1) is 31.3 Å². The van der Waals surface area contributed by atoms with Gasteiger partial charge in [-0.25, -0.2) is 4.98 Å². The minimum Gasteiger partial charge on any atom is -0.497 e. The van der Waals surface area contributed by atoms with E-state index in [2.05, 4.69) is 27.7 Å². The van der Waals surface area contributed by atoms with Gasteiger partial charge in [-0.3, -0.25) is 9.47 Å². The topological polar surface area (TPSA) is 50.5 Å².